The maximum absolute atomic E-state index is 9.98. The molecule has 0 spiro atoms. The number of aromatic hydroxyl groups is 1. The van der Waals surface area contributed by atoms with Gasteiger partial charge in [-0.1, -0.05) is 63.6 Å². The number of phenolic OH excluding ortho intramolecular Hbond substituents is 1. The Morgan fingerprint density at radius 2 is 1.60 bits per heavy atom. The Balaban J connectivity index is 0.00000576. The minimum absolute atomic E-state index is 0. The first-order chi connectivity index (χ1) is 11.5. The topological polar surface area (TPSA) is 49.5 Å². The lowest BCUT2D eigenvalue weighted by Gasteiger charge is -2.26. The molecule has 1 rings (SSSR count). The highest BCUT2D eigenvalue weighted by Crippen LogP contribution is 2.21. The highest BCUT2D eigenvalue weighted by atomic mass is 127. The smallest absolute Gasteiger partial charge is 0.118 e. The molecule has 0 fully saturated rings. The lowest BCUT2D eigenvalue weighted by Crippen LogP contribution is -2.32. The summed E-state index contributed by atoms with van der Waals surface area (Å²) in [6.45, 7) is 2.26. The summed E-state index contributed by atoms with van der Waals surface area (Å²) in [6, 6.07) is 8.39. The predicted molar refractivity (Wildman–Crippen MR) is 120 cm³/mol. The number of phenols is 1. The van der Waals surface area contributed by atoms with Gasteiger partial charge in [0.25, 0.3) is 0 Å². The van der Waals surface area contributed by atoms with Crippen LogP contribution in [0.5, 0.6) is 5.75 Å². The van der Waals surface area contributed by atoms with E-state index in [4.69, 9.17) is 5.73 Å². The van der Waals surface area contributed by atoms with Crippen LogP contribution in [0.4, 0.5) is 0 Å². The largest absolute Gasteiger partial charge is 0.508 e. The van der Waals surface area contributed by atoms with Gasteiger partial charge in [0, 0.05) is 12.1 Å². The van der Waals surface area contributed by atoms with Gasteiger partial charge in [-0.2, -0.15) is 0 Å². The molecule has 0 aliphatic rings. The molecule has 1 aromatic carbocycles. The van der Waals surface area contributed by atoms with Crippen LogP contribution < -0.4 is 5.73 Å². The van der Waals surface area contributed by atoms with E-state index >= 15 is 0 Å². The van der Waals surface area contributed by atoms with Crippen molar-refractivity contribution in [3.8, 4) is 5.75 Å². The van der Waals surface area contributed by atoms with E-state index in [0.717, 1.165) is 31.2 Å². The zero-order valence-corrected chi connectivity index (χ0v) is 18.7. The van der Waals surface area contributed by atoms with Crippen molar-refractivity contribution >= 4 is 24.0 Å². The van der Waals surface area contributed by atoms with Gasteiger partial charge in [0.2, 0.25) is 0 Å². The van der Waals surface area contributed by atoms with Crippen LogP contribution in [-0.2, 0) is 6.42 Å². The molecule has 0 aromatic heterocycles. The Bertz CT molecular complexity index is 440. The van der Waals surface area contributed by atoms with Gasteiger partial charge in [-0.15, -0.1) is 24.0 Å². The summed E-state index contributed by atoms with van der Waals surface area (Å²) in [7, 11) is 4.23. The van der Waals surface area contributed by atoms with Crippen LogP contribution in [0.25, 0.3) is 0 Å². The molecule has 0 heterocycles. The first-order valence-corrected chi connectivity index (χ1v) is 9.73. The average Bonchev–Trinajstić information content (AvgIpc) is 2.56. The van der Waals surface area contributed by atoms with E-state index in [1.807, 2.05) is 18.2 Å². The SMILES string of the molecule is CCCCCCCCC(N)CCC(Cc1ccccc1O)N(C)C.I. The van der Waals surface area contributed by atoms with Crippen LogP contribution in [0.3, 0.4) is 0 Å². The molecule has 0 aliphatic carbocycles. The predicted octanol–water partition coefficient (Wildman–Crippen LogP) is 5.34. The number of nitrogens with two attached hydrogens (primary N) is 1. The molecular formula is C21H39IN2O. The molecule has 0 aliphatic heterocycles. The summed E-state index contributed by atoms with van der Waals surface area (Å²) >= 11 is 0. The summed E-state index contributed by atoms with van der Waals surface area (Å²) in [5.74, 6) is 0.403. The number of rotatable bonds is 13. The van der Waals surface area contributed by atoms with Crippen molar-refractivity contribution < 1.29 is 5.11 Å². The molecule has 0 radical (unpaired) electrons. The van der Waals surface area contributed by atoms with Crippen molar-refractivity contribution in [1.82, 2.24) is 4.90 Å². The van der Waals surface area contributed by atoms with Crippen LogP contribution >= 0.6 is 24.0 Å². The molecule has 3 nitrogen and oxygen atoms in total. The summed E-state index contributed by atoms with van der Waals surface area (Å²) in [5.41, 5.74) is 7.35. The Kier molecular flexibility index (Phi) is 14.6. The van der Waals surface area contributed by atoms with Gasteiger partial charge in [0.05, 0.1) is 0 Å². The second-order valence-electron chi connectivity index (χ2n) is 7.34. The third-order valence-electron chi connectivity index (χ3n) is 4.98. The lowest BCUT2D eigenvalue weighted by molar-refractivity contribution is 0.263. The summed E-state index contributed by atoms with van der Waals surface area (Å²) in [6.07, 6.45) is 12.1. The Labute approximate surface area is 172 Å². The van der Waals surface area contributed by atoms with Crippen molar-refractivity contribution in [2.45, 2.75) is 83.2 Å². The van der Waals surface area contributed by atoms with Crippen molar-refractivity contribution in [3.63, 3.8) is 0 Å². The third-order valence-corrected chi connectivity index (χ3v) is 4.98. The molecule has 4 heteroatoms. The molecule has 0 bridgehead atoms. The van der Waals surface area contributed by atoms with Gasteiger partial charge < -0.3 is 15.7 Å². The second kappa shape index (κ2) is 14.8. The first kappa shape index (κ1) is 24.7. The summed E-state index contributed by atoms with van der Waals surface area (Å²) in [4.78, 5) is 2.25. The molecule has 0 amide bonds. The maximum Gasteiger partial charge on any atom is 0.118 e. The van der Waals surface area contributed by atoms with E-state index < -0.39 is 0 Å². The molecule has 2 unspecified atom stereocenters. The number of unbranched alkanes of at least 4 members (excludes halogenated alkanes) is 5. The van der Waals surface area contributed by atoms with Gasteiger partial charge in [-0.05, 0) is 51.4 Å². The molecule has 0 saturated carbocycles. The molecule has 1 aromatic rings. The highest BCUT2D eigenvalue weighted by Gasteiger charge is 2.15. The van der Waals surface area contributed by atoms with E-state index in [1.54, 1.807) is 6.07 Å². The highest BCUT2D eigenvalue weighted by molar-refractivity contribution is 14.0. The number of hydrogen-bond donors (Lipinski definition) is 2. The number of para-hydroxylation sites is 1. The van der Waals surface area contributed by atoms with Crippen molar-refractivity contribution in [2.24, 2.45) is 5.73 Å². The maximum atomic E-state index is 9.98. The lowest BCUT2D eigenvalue weighted by atomic mass is 9.96. The Hall–Kier alpha value is -0.330. The second-order valence-corrected chi connectivity index (χ2v) is 7.34. The van der Waals surface area contributed by atoms with E-state index in [9.17, 15) is 5.11 Å². The van der Waals surface area contributed by atoms with Crippen LogP contribution in [0.1, 0.15) is 70.3 Å². The fourth-order valence-electron chi connectivity index (χ4n) is 3.22. The zero-order chi connectivity index (χ0) is 17.8. The molecule has 146 valence electrons. The Morgan fingerprint density at radius 3 is 2.24 bits per heavy atom. The van der Waals surface area contributed by atoms with E-state index in [2.05, 4.69) is 25.9 Å². The van der Waals surface area contributed by atoms with E-state index in [0.29, 0.717) is 17.8 Å². The quantitative estimate of drug-likeness (QED) is 0.307. The molecule has 3 N–H and O–H groups in total. The van der Waals surface area contributed by atoms with Crippen LogP contribution in [0.2, 0.25) is 0 Å². The number of benzene rings is 1. The van der Waals surface area contributed by atoms with Gasteiger partial charge in [0.15, 0.2) is 0 Å². The van der Waals surface area contributed by atoms with Gasteiger partial charge in [-0.3, -0.25) is 0 Å². The van der Waals surface area contributed by atoms with Crippen molar-refractivity contribution in [2.75, 3.05) is 14.1 Å². The minimum atomic E-state index is 0. The summed E-state index contributed by atoms with van der Waals surface area (Å²) < 4.78 is 0. The zero-order valence-electron chi connectivity index (χ0n) is 16.4. The Morgan fingerprint density at radius 1 is 0.960 bits per heavy atom. The van der Waals surface area contributed by atoms with E-state index in [-0.39, 0.29) is 24.0 Å². The average molecular weight is 462 g/mol. The minimum Gasteiger partial charge on any atom is -0.508 e. The van der Waals surface area contributed by atoms with Crippen molar-refractivity contribution in [1.29, 1.82) is 0 Å². The van der Waals surface area contributed by atoms with Gasteiger partial charge in [-0.25, -0.2) is 0 Å². The number of hydrogen-bond acceptors (Lipinski definition) is 3. The molecule has 25 heavy (non-hydrogen) atoms. The normalized spacial score (nSPS) is 13.5. The molecule has 2 atom stereocenters. The molecule has 0 saturated heterocycles. The monoisotopic (exact) mass is 462 g/mol. The van der Waals surface area contributed by atoms with Crippen LogP contribution in [-0.4, -0.2) is 36.2 Å². The molecular weight excluding hydrogens is 423 g/mol. The van der Waals surface area contributed by atoms with Crippen molar-refractivity contribution in [3.05, 3.63) is 29.8 Å². The van der Waals surface area contributed by atoms with Gasteiger partial charge >= 0.3 is 0 Å². The van der Waals surface area contributed by atoms with E-state index in [1.165, 1.54) is 38.5 Å². The number of halogens is 1. The fraction of sp³-hybridized carbons (Fsp3) is 0.714. The van der Waals surface area contributed by atoms with Crippen LogP contribution in [0.15, 0.2) is 24.3 Å². The standard InChI is InChI=1S/C21H38N2O.HI/c1-4-5-6-7-8-9-13-19(22)15-16-20(23(2)3)17-18-12-10-11-14-21(18)24;/h10-12,14,19-20,24H,4-9,13,15-17,22H2,1-3H3;1H. The van der Waals surface area contributed by atoms with Gasteiger partial charge in [0.1, 0.15) is 5.75 Å². The fourth-order valence-corrected chi connectivity index (χ4v) is 3.22. The summed E-state index contributed by atoms with van der Waals surface area (Å²) in [5, 5.41) is 9.98. The number of likely N-dealkylation sites (N-methyl/N-ethyl adjacent to an activating group) is 1. The first-order valence-electron chi connectivity index (χ1n) is 9.73. The van der Waals surface area contributed by atoms with Crippen LogP contribution in [0, 0.1) is 0 Å². The number of nitrogens with zero attached hydrogens (tertiary/aromatic N) is 1. The third kappa shape index (κ3) is 11.1.